The van der Waals surface area contributed by atoms with Crippen LogP contribution in [0.5, 0.6) is 0 Å². The van der Waals surface area contributed by atoms with Crippen molar-refractivity contribution in [1.29, 1.82) is 0 Å². The van der Waals surface area contributed by atoms with Crippen LogP contribution in [0.3, 0.4) is 0 Å². The van der Waals surface area contributed by atoms with E-state index in [1.54, 1.807) is 0 Å². The van der Waals surface area contributed by atoms with E-state index in [0.717, 1.165) is 77.0 Å². The lowest BCUT2D eigenvalue weighted by Gasteiger charge is -2.45. The van der Waals surface area contributed by atoms with Crippen LogP contribution in [0.4, 0.5) is 0 Å². The molecule has 163 valence electrons. The molecule has 3 rings (SSSR count). The minimum absolute atomic E-state index is 0.142. The van der Waals surface area contributed by atoms with Gasteiger partial charge in [0.25, 0.3) is 0 Å². The molecule has 5 unspecified atom stereocenters. The third-order valence-corrected chi connectivity index (χ3v) is 8.27. The summed E-state index contributed by atoms with van der Waals surface area (Å²) < 4.78 is 0. The number of fused-ring (bicyclic) bond motifs is 1. The van der Waals surface area contributed by atoms with Gasteiger partial charge in [-0.3, -0.25) is 0 Å². The fraction of sp³-hybridized carbons (Fsp3) is 1.00. The molecular weight excluding hydrogens is 358 g/mol. The Kier molecular flexibility index (Phi) is 8.61. The first-order valence-electron chi connectivity index (χ1n) is 12.5. The SMILES string of the molecule is [B]C1(O)CCCCCCC2C([B]C3CCCC(C)(O)CCC3)CC(O)CCCC21. The standard InChI is InChI=1S/C24H43B2O3/c1-23(28)14-7-9-18(10-8-15-23)26-22-17-19(27)11-6-13-21-20(22)12-4-2-3-5-16-24(21,25)29/h18-22,27-29H,2-17H2,1H3. The molecule has 0 aromatic carbocycles. The van der Waals surface area contributed by atoms with Crippen LogP contribution in [-0.4, -0.2) is 47.7 Å². The first kappa shape index (κ1) is 23.7. The summed E-state index contributed by atoms with van der Waals surface area (Å²) in [4.78, 5) is 0. The van der Waals surface area contributed by atoms with E-state index in [1.807, 2.05) is 6.92 Å². The van der Waals surface area contributed by atoms with Gasteiger partial charge in [-0.25, -0.2) is 0 Å². The van der Waals surface area contributed by atoms with Crippen LogP contribution in [0, 0.1) is 11.8 Å². The van der Waals surface area contributed by atoms with Crippen LogP contribution >= 0.6 is 0 Å². The largest absolute Gasteiger partial charge is 0.400 e. The van der Waals surface area contributed by atoms with Gasteiger partial charge >= 0.3 is 0 Å². The zero-order valence-electron chi connectivity index (χ0n) is 18.7. The number of aliphatic hydroxyl groups excluding tert-OH is 1. The Morgan fingerprint density at radius 3 is 2.21 bits per heavy atom. The molecule has 3 radical (unpaired) electrons. The summed E-state index contributed by atoms with van der Waals surface area (Å²) in [6.07, 6.45) is 16.0. The summed E-state index contributed by atoms with van der Waals surface area (Å²) in [5.41, 5.74) is -1.57. The zero-order chi connectivity index (χ0) is 20.9. The smallest absolute Gasteiger partial charge is 0.118 e. The molecule has 0 amide bonds. The van der Waals surface area contributed by atoms with Gasteiger partial charge in [0, 0.05) is 5.50 Å². The van der Waals surface area contributed by atoms with Gasteiger partial charge in [-0.15, -0.1) is 0 Å². The number of hydrogen-bond donors (Lipinski definition) is 3. The second-order valence-corrected chi connectivity index (χ2v) is 10.9. The summed E-state index contributed by atoms with van der Waals surface area (Å²) in [6.45, 7) is 1.98. The average Bonchev–Trinajstić information content (AvgIpc) is 2.67. The highest BCUT2D eigenvalue weighted by Gasteiger charge is 2.42. The number of aliphatic hydroxyl groups is 3. The average molecular weight is 401 g/mol. The molecule has 3 aliphatic carbocycles. The molecule has 3 saturated carbocycles. The Hall–Kier alpha value is 0.00987. The minimum Gasteiger partial charge on any atom is -0.400 e. The molecule has 29 heavy (non-hydrogen) atoms. The van der Waals surface area contributed by atoms with Crippen LogP contribution in [0.2, 0.25) is 11.6 Å². The van der Waals surface area contributed by atoms with Gasteiger partial charge in [-0.1, -0.05) is 75.8 Å². The molecule has 3 nitrogen and oxygen atoms in total. The molecule has 3 aliphatic rings. The summed E-state index contributed by atoms with van der Waals surface area (Å²) >= 11 is 0. The predicted molar refractivity (Wildman–Crippen MR) is 121 cm³/mol. The van der Waals surface area contributed by atoms with E-state index in [-0.39, 0.29) is 12.0 Å². The lowest BCUT2D eigenvalue weighted by Crippen LogP contribution is -2.45. The second kappa shape index (κ2) is 10.6. The maximum absolute atomic E-state index is 11.2. The highest BCUT2D eigenvalue weighted by molar-refractivity contribution is 6.39. The van der Waals surface area contributed by atoms with Crippen molar-refractivity contribution in [2.45, 2.75) is 138 Å². The molecule has 0 saturated heterocycles. The van der Waals surface area contributed by atoms with Crippen molar-refractivity contribution >= 4 is 15.1 Å². The normalized spacial score (nSPS) is 45.9. The van der Waals surface area contributed by atoms with Gasteiger partial charge in [0.15, 0.2) is 0 Å². The Bertz CT molecular complexity index is 485. The highest BCUT2D eigenvalue weighted by Crippen LogP contribution is 2.47. The molecule has 3 N–H and O–H groups in total. The Labute approximate surface area is 181 Å². The molecule has 0 aliphatic heterocycles. The molecule has 0 aromatic rings. The molecule has 0 spiro atoms. The highest BCUT2D eigenvalue weighted by atomic mass is 16.3. The summed E-state index contributed by atoms with van der Waals surface area (Å²) in [6, 6.07) is 0. The van der Waals surface area contributed by atoms with Crippen LogP contribution in [0.15, 0.2) is 0 Å². The molecule has 0 heterocycles. The van der Waals surface area contributed by atoms with Gasteiger partial charge in [0.1, 0.15) is 15.1 Å². The van der Waals surface area contributed by atoms with E-state index in [1.165, 1.54) is 19.3 Å². The van der Waals surface area contributed by atoms with Crippen molar-refractivity contribution in [3.8, 4) is 0 Å². The Morgan fingerprint density at radius 2 is 1.48 bits per heavy atom. The van der Waals surface area contributed by atoms with Crippen molar-refractivity contribution in [3.63, 3.8) is 0 Å². The predicted octanol–water partition coefficient (Wildman–Crippen LogP) is 4.75. The summed E-state index contributed by atoms with van der Waals surface area (Å²) in [5, 5.41) is 32.3. The van der Waals surface area contributed by atoms with Gasteiger partial charge in [-0.05, 0) is 57.3 Å². The second-order valence-electron chi connectivity index (χ2n) is 10.9. The van der Waals surface area contributed by atoms with Crippen LogP contribution in [-0.2, 0) is 0 Å². The molecule has 0 bridgehead atoms. The monoisotopic (exact) mass is 401 g/mol. The lowest BCUT2D eigenvalue weighted by atomic mass is 9.43. The first-order valence-corrected chi connectivity index (χ1v) is 12.5. The lowest BCUT2D eigenvalue weighted by molar-refractivity contribution is 0.0000418. The number of rotatable bonds is 2. The third-order valence-electron chi connectivity index (χ3n) is 8.27. The third kappa shape index (κ3) is 7.01. The van der Waals surface area contributed by atoms with Crippen molar-refractivity contribution in [3.05, 3.63) is 0 Å². The maximum atomic E-state index is 11.2. The van der Waals surface area contributed by atoms with E-state index in [0.29, 0.717) is 24.0 Å². The van der Waals surface area contributed by atoms with Crippen molar-refractivity contribution in [2.24, 2.45) is 11.8 Å². The van der Waals surface area contributed by atoms with Crippen LogP contribution < -0.4 is 0 Å². The quantitative estimate of drug-likeness (QED) is 0.586. The Balaban J connectivity index is 1.75. The van der Waals surface area contributed by atoms with E-state index >= 15 is 0 Å². The summed E-state index contributed by atoms with van der Waals surface area (Å²) in [7, 11) is 9.10. The molecular formula is C24H43B2O3. The van der Waals surface area contributed by atoms with Crippen molar-refractivity contribution in [1.82, 2.24) is 0 Å². The molecule has 3 fully saturated rings. The first-order chi connectivity index (χ1) is 13.8. The van der Waals surface area contributed by atoms with Gasteiger partial charge in [0.2, 0.25) is 0 Å². The minimum atomic E-state index is -1.07. The van der Waals surface area contributed by atoms with E-state index in [2.05, 4.69) is 7.28 Å². The summed E-state index contributed by atoms with van der Waals surface area (Å²) in [5.74, 6) is 1.42. The Morgan fingerprint density at radius 1 is 0.793 bits per heavy atom. The number of hydrogen-bond acceptors (Lipinski definition) is 3. The van der Waals surface area contributed by atoms with E-state index in [9.17, 15) is 15.3 Å². The van der Waals surface area contributed by atoms with E-state index in [4.69, 9.17) is 7.85 Å². The fourth-order valence-electron chi connectivity index (χ4n) is 6.58. The molecule has 0 aromatic heterocycles. The van der Waals surface area contributed by atoms with E-state index < -0.39 is 11.1 Å². The topological polar surface area (TPSA) is 60.7 Å². The van der Waals surface area contributed by atoms with Gasteiger partial charge in [-0.2, -0.15) is 0 Å². The molecule has 5 heteroatoms. The van der Waals surface area contributed by atoms with Gasteiger partial charge in [0.05, 0.1) is 11.7 Å². The fourth-order valence-corrected chi connectivity index (χ4v) is 6.58. The van der Waals surface area contributed by atoms with Crippen molar-refractivity contribution < 1.29 is 15.3 Å². The van der Waals surface area contributed by atoms with Gasteiger partial charge < -0.3 is 15.3 Å². The maximum Gasteiger partial charge on any atom is 0.118 e. The zero-order valence-corrected chi connectivity index (χ0v) is 18.7. The van der Waals surface area contributed by atoms with Crippen molar-refractivity contribution in [2.75, 3.05) is 0 Å². The van der Waals surface area contributed by atoms with Crippen LogP contribution in [0.25, 0.3) is 0 Å². The van der Waals surface area contributed by atoms with Crippen LogP contribution in [0.1, 0.15) is 110 Å². The molecule has 5 atom stereocenters.